The molecule has 8 aromatic rings. The molecule has 0 bridgehead atoms. The lowest BCUT2D eigenvalue weighted by atomic mass is 9.91. The van der Waals surface area contributed by atoms with Gasteiger partial charge in [0.2, 0.25) is 0 Å². The van der Waals surface area contributed by atoms with Crippen LogP contribution in [-0.2, 0) is 0 Å². The first kappa shape index (κ1) is 30.2. The minimum absolute atomic E-state index is 0.669. The summed E-state index contributed by atoms with van der Waals surface area (Å²) < 4.78 is 2.42. The molecule has 2 heteroatoms. The van der Waals surface area contributed by atoms with Crippen molar-refractivity contribution in [1.29, 1.82) is 5.26 Å². The minimum Gasteiger partial charge on any atom is -0.309 e. The number of nitriles is 1. The average molecular weight is 629 g/mol. The van der Waals surface area contributed by atoms with Crippen LogP contribution in [0.25, 0.3) is 72.0 Å². The van der Waals surface area contributed by atoms with E-state index in [1.807, 2.05) is 24.3 Å². The lowest BCUT2D eigenvalue weighted by Crippen LogP contribution is -1.98. The molecule has 0 amide bonds. The SMILES string of the molecule is Cc1cc(C)cc(-c2ccc3c(c2)c2cc(-c4cc(C)cc(C)c4)ccc2n3-c2ccccc2-c2ccccc2-c2ccccc2C#N)c1. The number of nitrogens with zero attached hydrogens (tertiary/aromatic N) is 2. The van der Waals surface area contributed by atoms with E-state index in [1.165, 1.54) is 55.3 Å². The molecule has 49 heavy (non-hydrogen) atoms. The van der Waals surface area contributed by atoms with Crippen LogP contribution in [0.4, 0.5) is 0 Å². The average Bonchev–Trinajstić information content (AvgIpc) is 3.43. The van der Waals surface area contributed by atoms with Gasteiger partial charge < -0.3 is 4.57 Å². The van der Waals surface area contributed by atoms with Crippen molar-refractivity contribution in [3.8, 4) is 56.3 Å². The van der Waals surface area contributed by atoms with E-state index < -0.39 is 0 Å². The van der Waals surface area contributed by atoms with Crippen LogP contribution in [0.15, 0.2) is 146 Å². The van der Waals surface area contributed by atoms with E-state index in [1.54, 1.807) is 0 Å². The van der Waals surface area contributed by atoms with Crippen molar-refractivity contribution in [2.75, 3.05) is 0 Å². The molecule has 0 radical (unpaired) electrons. The molecule has 7 aromatic carbocycles. The summed E-state index contributed by atoms with van der Waals surface area (Å²) in [5.74, 6) is 0. The molecule has 1 heterocycles. The Hall–Kier alpha value is -6.17. The van der Waals surface area contributed by atoms with E-state index in [-0.39, 0.29) is 0 Å². The molecule has 234 valence electrons. The first-order valence-corrected chi connectivity index (χ1v) is 16.8. The summed E-state index contributed by atoms with van der Waals surface area (Å²) in [5.41, 5.74) is 18.2. The largest absolute Gasteiger partial charge is 0.309 e. The molecule has 0 aliphatic heterocycles. The maximum atomic E-state index is 10.00. The maximum absolute atomic E-state index is 10.00. The van der Waals surface area contributed by atoms with E-state index in [0.717, 1.165) is 39.0 Å². The van der Waals surface area contributed by atoms with Crippen LogP contribution in [0.2, 0.25) is 0 Å². The monoisotopic (exact) mass is 628 g/mol. The van der Waals surface area contributed by atoms with Crippen molar-refractivity contribution < 1.29 is 0 Å². The fourth-order valence-corrected chi connectivity index (χ4v) is 7.59. The highest BCUT2D eigenvalue weighted by Crippen LogP contribution is 2.42. The summed E-state index contributed by atoms with van der Waals surface area (Å²) in [4.78, 5) is 0. The van der Waals surface area contributed by atoms with Gasteiger partial charge in [-0.05, 0) is 97.5 Å². The third-order valence-electron chi connectivity index (χ3n) is 9.58. The second-order valence-corrected chi connectivity index (χ2v) is 13.3. The number of fused-ring (bicyclic) bond motifs is 3. The van der Waals surface area contributed by atoms with Crippen LogP contribution in [0, 0.1) is 39.0 Å². The zero-order chi connectivity index (χ0) is 33.6. The van der Waals surface area contributed by atoms with E-state index in [9.17, 15) is 5.26 Å². The van der Waals surface area contributed by atoms with Gasteiger partial charge in [-0.3, -0.25) is 0 Å². The molecular formula is C47H36N2. The van der Waals surface area contributed by atoms with Crippen molar-refractivity contribution in [3.63, 3.8) is 0 Å². The molecule has 0 fully saturated rings. The Kier molecular flexibility index (Phi) is 7.47. The van der Waals surface area contributed by atoms with Crippen molar-refractivity contribution in [2.45, 2.75) is 27.7 Å². The summed E-state index contributed by atoms with van der Waals surface area (Å²) in [5, 5.41) is 12.4. The smallest absolute Gasteiger partial charge is 0.0998 e. The van der Waals surface area contributed by atoms with Crippen LogP contribution in [0.1, 0.15) is 27.8 Å². The van der Waals surface area contributed by atoms with Gasteiger partial charge in [0.05, 0.1) is 28.4 Å². The standard InChI is InChI=1S/C47H36N2/c1-30-21-31(2)24-37(23-30)34-17-19-46-43(27-34)44-28-35(38-25-32(3)22-33(4)26-38)18-20-47(44)49(46)45-16-10-9-15-42(45)41-14-8-7-13-40(41)39-12-6-5-11-36(39)29-48/h5-28H,1-4H3. The second-order valence-electron chi connectivity index (χ2n) is 13.3. The topological polar surface area (TPSA) is 28.7 Å². The number of aryl methyl sites for hydroxylation is 4. The summed E-state index contributed by atoms with van der Waals surface area (Å²) in [6.07, 6.45) is 0. The Morgan fingerprint density at radius 1 is 0.408 bits per heavy atom. The molecule has 0 aliphatic carbocycles. The zero-order valence-corrected chi connectivity index (χ0v) is 28.3. The zero-order valence-electron chi connectivity index (χ0n) is 28.3. The molecule has 0 N–H and O–H groups in total. The molecule has 0 unspecified atom stereocenters. The first-order chi connectivity index (χ1) is 23.9. The van der Waals surface area contributed by atoms with Gasteiger partial charge in [0.15, 0.2) is 0 Å². The molecule has 0 aliphatic rings. The Bertz CT molecular complexity index is 2460. The third kappa shape index (κ3) is 5.40. The molecule has 0 atom stereocenters. The van der Waals surface area contributed by atoms with Gasteiger partial charge in [0.1, 0.15) is 0 Å². The summed E-state index contributed by atoms with van der Waals surface area (Å²) in [6.45, 7) is 8.67. The van der Waals surface area contributed by atoms with Gasteiger partial charge in [0.25, 0.3) is 0 Å². The van der Waals surface area contributed by atoms with Crippen LogP contribution >= 0.6 is 0 Å². The third-order valence-corrected chi connectivity index (χ3v) is 9.58. The highest BCUT2D eigenvalue weighted by Gasteiger charge is 2.19. The molecule has 0 spiro atoms. The summed E-state index contributed by atoms with van der Waals surface area (Å²) >= 11 is 0. The van der Waals surface area contributed by atoms with E-state index in [2.05, 4.69) is 160 Å². The fourth-order valence-electron chi connectivity index (χ4n) is 7.59. The lowest BCUT2D eigenvalue weighted by molar-refractivity contribution is 1.18. The molecule has 0 saturated carbocycles. The lowest BCUT2D eigenvalue weighted by Gasteiger charge is -2.17. The van der Waals surface area contributed by atoms with Crippen LogP contribution in [0.5, 0.6) is 0 Å². The van der Waals surface area contributed by atoms with Crippen molar-refractivity contribution in [2.24, 2.45) is 0 Å². The minimum atomic E-state index is 0.669. The predicted molar refractivity (Wildman–Crippen MR) is 206 cm³/mol. The Morgan fingerprint density at radius 3 is 1.35 bits per heavy atom. The quantitative estimate of drug-likeness (QED) is 0.186. The van der Waals surface area contributed by atoms with Crippen LogP contribution in [0.3, 0.4) is 0 Å². The normalized spacial score (nSPS) is 11.2. The first-order valence-electron chi connectivity index (χ1n) is 16.8. The maximum Gasteiger partial charge on any atom is 0.0998 e. The Labute approximate surface area is 288 Å². The Balaban J connectivity index is 1.42. The predicted octanol–water partition coefficient (Wildman–Crippen LogP) is 12.6. The summed E-state index contributed by atoms with van der Waals surface area (Å²) in [7, 11) is 0. The highest BCUT2D eigenvalue weighted by atomic mass is 15.0. The van der Waals surface area contributed by atoms with Gasteiger partial charge >= 0.3 is 0 Å². The number of aromatic nitrogens is 1. The van der Waals surface area contributed by atoms with Gasteiger partial charge in [-0.25, -0.2) is 0 Å². The fraction of sp³-hybridized carbons (Fsp3) is 0.0851. The van der Waals surface area contributed by atoms with Gasteiger partial charge in [-0.2, -0.15) is 5.26 Å². The number of benzene rings is 7. The van der Waals surface area contributed by atoms with Gasteiger partial charge in [-0.15, -0.1) is 0 Å². The molecule has 1 aromatic heterocycles. The summed E-state index contributed by atoms with van der Waals surface area (Å²) in [6, 6.07) is 54.8. The number of para-hydroxylation sites is 1. The van der Waals surface area contributed by atoms with E-state index >= 15 is 0 Å². The van der Waals surface area contributed by atoms with E-state index in [0.29, 0.717) is 5.56 Å². The number of hydrogen-bond donors (Lipinski definition) is 0. The second kappa shape index (κ2) is 12.1. The highest BCUT2D eigenvalue weighted by molar-refractivity contribution is 6.12. The number of hydrogen-bond acceptors (Lipinski definition) is 1. The molecule has 8 rings (SSSR count). The van der Waals surface area contributed by atoms with Gasteiger partial charge in [-0.1, -0.05) is 131 Å². The van der Waals surface area contributed by atoms with Crippen LogP contribution in [-0.4, -0.2) is 4.57 Å². The van der Waals surface area contributed by atoms with Crippen molar-refractivity contribution in [1.82, 2.24) is 4.57 Å². The molecule has 0 saturated heterocycles. The van der Waals surface area contributed by atoms with Crippen molar-refractivity contribution in [3.05, 3.63) is 173 Å². The van der Waals surface area contributed by atoms with Gasteiger partial charge in [0, 0.05) is 21.9 Å². The number of rotatable bonds is 5. The molecular weight excluding hydrogens is 593 g/mol. The van der Waals surface area contributed by atoms with Crippen LogP contribution < -0.4 is 0 Å². The Morgan fingerprint density at radius 2 is 0.837 bits per heavy atom. The van der Waals surface area contributed by atoms with E-state index in [4.69, 9.17) is 0 Å². The van der Waals surface area contributed by atoms with Crippen molar-refractivity contribution >= 4 is 21.8 Å². The molecule has 2 nitrogen and oxygen atoms in total.